The summed E-state index contributed by atoms with van der Waals surface area (Å²) in [6, 6.07) is 7.68. The van der Waals surface area contributed by atoms with E-state index in [4.69, 9.17) is 0 Å². The van der Waals surface area contributed by atoms with Crippen LogP contribution in [0.4, 0.5) is 0 Å². The molecule has 1 aliphatic rings. The van der Waals surface area contributed by atoms with E-state index in [0.29, 0.717) is 17.2 Å². The molecule has 1 aromatic carbocycles. The van der Waals surface area contributed by atoms with Gasteiger partial charge in [-0.2, -0.15) is 0 Å². The number of amides is 1. The highest BCUT2D eigenvalue weighted by atomic mass is 16.2. The second-order valence-corrected chi connectivity index (χ2v) is 5.02. The fraction of sp³-hybridized carbons (Fsp3) is 0.429. The van der Waals surface area contributed by atoms with Crippen LogP contribution in [0.1, 0.15) is 46.4 Å². The molecule has 19 heavy (non-hydrogen) atoms. The van der Waals surface area contributed by atoms with Crippen LogP contribution in [0.3, 0.4) is 0 Å². The quantitative estimate of drug-likeness (QED) is 0.616. The van der Waals surface area contributed by atoms with Crippen molar-refractivity contribution in [2.24, 2.45) is 0 Å². The largest absolute Gasteiger partial charge is 0.359 e. The van der Waals surface area contributed by atoms with Gasteiger partial charge < -0.3 is 10.5 Å². The minimum atomic E-state index is -0.143. The van der Waals surface area contributed by atoms with E-state index in [1.54, 1.807) is 24.3 Å². The number of carbonyl (C=O) groups excluding carboxylic acids is 2. The van der Waals surface area contributed by atoms with Crippen molar-refractivity contribution in [1.82, 2.24) is 10.5 Å². The van der Waals surface area contributed by atoms with E-state index >= 15 is 0 Å². The molecule has 0 heterocycles. The topological polar surface area (TPSA) is 58.2 Å². The summed E-state index contributed by atoms with van der Waals surface area (Å²) in [4.78, 5) is 23.1. The van der Waals surface area contributed by atoms with Crippen LogP contribution in [0.5, 0.6) is 0 Å². The molecule has 0 aromatic heterocycles. The van der Waals surface area contributed by atoms with E-state index < -0.39 is 0 Å². The Kier molecular flexibility index (Phi) is 4.74. The Morgan fingerprint density at radius 3 is 2.42 bits per heavy atom. The van der Waals surface area contributed by atoms with Crippen molar-refractivity contribution >= 4 is 20.2 Å². The Bertz CT molecular complexity index is 457. The molecule has 0 unspecified atom stereocenters. The van der Waals surface area contributed by atoms with Crippen LogP contribution in [0, 0.1) is 0 Å². The summed E-state index contributed by atoms with van der Waals surface area (Å²) in [5.41, 5.74) is 0.914. The van der Waals surface area contributed by atoms with Crippen LogP contribution < -0.4 is 10.5 Å². The molecule has 4 nitrogen and oxygen atoms in total. The molecule has 0 aliphatic heterocycles. The summed E-state index contributed by atoms with van der Waals surface area (Å²) in [6.07, 6.45) is 4.86. The van der Waals surface area contributed by atoms with E-state index in [0.717, 1.165) is 32.0 Å². The lowest BCUT2D eigenvalue weighted by Gasteiger charge is -2.29. The van der Waals surface area contributed by atoms with Crippen molar-refractivity contribution in [2.75, 3.05) is 0 Å². The van der Waals surface area contributed by atoms with Gasteiger partial charge in [-0.05, 0) is 37.8 Å². The zero-order valence-corrected chi connectivity index (χ0v) is 11.2. The summed E-state index contributed by atoms with van der Waals surface area (Å²) in [5.74, 6) is -0.143. The van der Waals surface area contributed by atoms with Crippen molar-refractivity contribution in [1.29, 1.82) is 0 Å². The van der Waals surface area contributed by atoms with Gasteiger partial charge in [-0.1, -0.05) is 18.2 Å². The van der Waals surface area contributed by atoms with Crippen molar-refractivity contribution < 1.29 is 9.59 Å². The molecule has 0 atom stereocenters. The van der Waals surface area contributed by atoms with Gasteiger partial charge >= 0.3 is 0 Å². The average molecular weight is 258 g/mol. The molecule has 1 aliphatic carbocycles. The number of benzene rings is 1. The van der Waals surface area contributed by atoms with Gasteiger partial charge in [-0.3, -0.25) is 9.59 Å². The summed E-state index contributed by atoms with van der Waals surface area (Å²) >= 11 is 0. The van der Waals surface area contributed by atoms with Crippen LogP contribution in [-0.2, 0) is 0 Å². The van der Waals surface area contributed by atoms with Crippen LogP contribution in [0.25, 0.3) is 0 Å². The molecular formula is C14H19BN2O2. The Labute approximate surface area is 114 Å². The second kappa shape index (κ2) is 6.52. The summed E-state index contributed by atoms with van der Waals surface area (Å²) in [6.45, 7) is 0. The molecule has 5 heteroatoms. The first-order chi connectivity index (χ1) is 9.24. The molecule has 2 rings (SSSR count). The predicted molar refractivity (Wildman–Crippen MR) is 77.0 cm³/mol. The minimum absolute atomic E-state index is 0.143. The molecule has 0 bridgehead atoms. The fourth-order valence-electron chi connectivity index (χ4n) is 2.60. The normalized spacial score (nSPS) is 22.7. The average Bonchev–Trinajstić information content (AvgIpc) is 2.48. The first-order valence-electron chi connectivity index (χ1n) is 6.77. The van der Waals surface area contributed by atoms with Crippen LogP contribution in [-0.4, -0.2) is 32.3 Å². The van der Waals surface area contributed by atoms with E-state index in [9.17, 15) is 9.59 Å². The zero-order chi connectivity index (χ0) is 13.7. The first-order valence-corrected chi connectivity index (χ1v) is 6.77. The number of hydrogen-bond acceptors (Lipinski definition) is 3. The van der Waals surface area contributed by atoms with Crippen LogP contribution in [0.15, 0.2) is 24.3 Å². The molecule has 0 radical (unpaired) electrons. The minimum Gasteiger partial charge on any atom is -0.359 e. The van der Waals surface area contributed by atoms with Gasteiger partial charge in [0.05, 0.1) is 0 Å². The number of nitrogens with one attached hydrogen (secondary N) is 2. The molecular weight excluding hydrogens is 239 g/mol. The first kappa shape index (κ1) is 13.8. The number of aldehydes is 1. The summed E-state index contributed by atoms with van der Waals surface area (Å²) < 4.78 is 0. The van der Waals surface area contributed by atoms with E-state index in [1.807, 2.05) is 7.98 Å². The Morgan fingerprint density at radius 1 is 1.16 bits per heavy atom. The molecule has 100 valence electrons. The molecule has 1 saturated carbocycles. The van der Waals surface area contributed by atoms with Crippen LogP contribution in [0.2, 0.25) is 0 Å². The molecule has 1 amide bonds. The monoisotopic (exact) mass is 258 g/mol. The smallest absolute Gasteiger partial charge is 0.252 e. The lowest BCUT2D eigenvalue weighted by molar-refractivity contribution is 0.0920. The Hall–Kier alpha value is -1.62. The number of hydrogen-bond donors (Lipinski definition) is 2. The van der Waals surface area contributed by atoms with Crippen molar-refractivity contribution in [2.45, 2.75) is 37.8 Å². The molecule has 0 saturated heterocycles. The van der Waals surface area contributed by atoms with Gasteiger partial charge in [0.15, 0.2) is 14.3 Å². The molecule has 2 N–H and O–H groups in total. The maximum Gasteiger partial charge on any atom is 0.252 e. The van der Waals surface area contributed by atoms with Gasteiger partial charge in [-0.25, -0.2) is 0 Å². The van der Waals surface area contributed by atoms with Gasteiger partial charge in [0.2, 0.25) is 0 Å². The maximum absolute atomic E-state index is 12.2. The van der Waals surface area contributed by atoms with Gasteiger partial charge in [-0.15, -0.1) is 0 Å². The molecule has 1 aromatic rings. The SMILES string of the molecule is BNC1CCC(NC(=O)c2ccccc2C=O)CC1. The van der Waals surface area contributed by atoms with Gasteiger partial charge in [0.25, 0.3) is 5.91 Å². The molecule has 0 spiro atoms. The van der Waals surface area contributed by atoms with Crippen LogP contribution >= 0.6 is 0 Å². The van der Waals surface area contributed by atoms with Gasteiger partial charge in [0.1, 0.15) is 0 Å². The highest BCUT2D eigenvalue weighted by Crippen LogP contribution is 2.19. The lowest BCUT2D eigenvalue weighted by Crippen LogP contribution is -2.41. The molecule has 1 fully saturated rings. The highest BCUT2D eigenvalue weighted by Gasteiger charge is 2.22. The van der Waals surface area contributed by atoms with Crippen molar-refractivity contribution in [3.63, 3.8) is 0 Å². The lowest BCUT2D eigenvalue weighted by atomic mass is 9.90. The zero-order valence-electron chi connectivity index (χ0n) is 11.2. The summed E-state index contributed by atoms with van der Waals surface area (Å²) in [7, 11) is 1.98. The number of rotatable bonds is 4. The van der Waals surface area contributed by atoms with E-state index in [-0.39, 0.29) is 11.9 Å². The highest BCUT2D eigenvalue weighted by molar-refractivity contribution is 6.04. The van der Waals surface area contributed by atoms with Crippen molar-refractivity contribution in [3.8, 4) is 0 Å². The predicted octanol–water partition coefficient (Wildman–Crippen LogP) is 0.678. The van der Waals surface area contributed by atoms with E-state index in [2.05, 4.69) is 10.5 Å². The van der Waals surface area contributed by atoms with E-state index in [1.165, 1.54) is 0 Å². The third-order valence-electron chi connectivity index (χ3n) is 3.80. The maximum atomic E-state index is 12.2. The van der Waals surface area contributed by atoms with Gasteiger partial charge in [0, 0.05) is 17.2 Å². The third-order valence-corrected chi connectivity index (χ3v) is 3.80. The third kappa shape index (κ3) is 3.44. The Balaban J connectivity index is 1.96. The summed E-state index contributed by atoms with van der Waals surface area (Å²) in [5, 5.41) is 6.30. The standard InChI is InChI=1S/C14H19BN2O2/c15-17-12-7-5-11(6-8-12)16-14(19)13-4-2-1-3-10(13)9-18/h1-4,9,11-12,17H,5-8,15H2,(H,16,19). The Morgan fingerprint density at radius 2 is 1.79 bits per heavy atom. The fourth-order valence-corrected chi connectivity index (χ4v) is 2.60. The second-order valence-electron chi connectivity index (χ2n) is 5.02. The number of carbonyl (C=O) groups is 2. The van der Waals surface area contributed by atoms with Crippen molar-refractivity contribution in [3.05, 3.63) is 35.4 Å².